The van der Waals surface area contributed by atoms with Gasteiger partial charge in [-0.3, -0.25) is 9.59 Å². The van der Waals surface area contributed by atoms with Gasteiger partial charge in [0.2, 0.25) is 5.91 Å². The molecule has 0 aromatic heterocycles. The molecule has 0 saturated carbocycles. The third-order valence-electron chi connectivity index (χ3n) is 5.35. The Morgan fingerprint density at radius 1 is 1.00 bits per heavy atom. The summed E-state index contributed by atoms with van der Waals surface area (Å²) in [4.78, 5) is 29.3. The van der Waals surface area contributed by atoms with Crippen LogP contribution in [0, 0.1) is 0 Å². The Balaban J connectivity index is 1.58. The highest BCUT2D eigenvalue weighted by Crippen LogP contribution is 2.26. The van der Waals surface area contributed by atoms with Crippen molar-refractivity contribution in [2.24, 2.45) is 0 Å². The molecule has 2 aromatic rings. The average Bonchev–Trinajstić information content (AvgIpc) is 2.79. The van der Waals surface area contributed by atoms with Crippen molar-refractivity contribution in [1.29, 1.82) is 0 Å². The first kappa shape index (κ1) is 20.9. The van der Waals surface area contributed by atoms with Crippen LogP contribution in [-0.4, -0.2) is 68.0 Å². The molecule has 2 aromatic carbocycles. The molecule has 1 saturated heterocycles. The van der Waals surface area contributed by atoms with Gasteiger partial charge in [-0.2, -0.15) is 0 Å². The number of methoxy groups -OCH3 is 1. The molecule has 0 atom stereocenters. The van der Waals surface area contributed by atoms with Gasteiger partial charge in [0.25, 0.3) is 5.91 Å². The molecule has 1 aliphatic heterocycles. The van der Waals surface area contributed by atoms with E-state index in [1.54, 1.807) is 13.2 Å². The highest BCUT2D eigenvalue weighted by Gasteiger charge is 2.20. The summed E-state index contributed by atoms with van der Waals surface area (Å²) in [5, 5.41) is 2.87. The van der Waals surface area contributed by atoms with E-state index in [0.29, 0.717) is 24.3 Å². The van der Waals surface area contributed by atoms with Gasteiger partial charge in [-0.05, 0) is 29.8 Å². The maximum absolute atomic E-state index is 12.7. The zero-order valence-electron chi connectivity index (χ0n) is 17.2. The average molecular weight is 396 g/mol. The minimum Gasteiger partial charge on any atom is -0.496 e. The fourth-order valence-electron chi connectivity index (χ4n) is 3.55. The third kappa shape index (κ3) is 5.35. The Bertz CT molecular complexity index is 831. The number of benzene rings is 2. The molecule has 154 valence electrons. The van der Waals surface area contributed by atoms with Crippen molar-refractivity contribution in [2.75, 3.05) is 46.4 Å². The smallest absolute Gasteiger partial charge is 0.255 e. The SMILES string of the molecule is CCN1CCN(C(=O)CCNC(=O)c2cc(-c3ccccc3)ccc2OC)CC1. The Hall–Kier alpha value is -2.86. The molecule has 1 aliphatic rings. The molecule has 0 bridgehead atoms. The van der Waals surface area contributed by atoms with E-state index < -0.39 is 0 Å². The molecule has 6 nitrogen and oxygen atoms in total. The number of likely N-dealkylation sites (N-methyl/N-ethyl adjacent to an activating group) is 1. The second-order valence-corrected chi connectivity index (χ2v) is 7.10. The first-order valence-corrected chi connectivity index (χ1v) is 10.1. The van der Waals surface area contributed by atoms with Gasteiger partial charge in [-0.25, -0.2) is 0 Å². The van der Waals surface area contributed by atoms with Crippen LogP contribution in [0.3, 0.4) is 0 Å². The normalized spacial score (nSPS) is 14.5. The number of hydrogen-bond acceptors (Lipinski definition) is 4. The number of nitrogens with one attached hydrogen (secondary N) is 1. The molecule has 1 heterocycles. The molecule has 3 rings (SSSR count). The monoisotopic (exact) mass is 395 g/mol. The van der Waals surface area contributed by atoms with Crippen molar-refractivity contribution >= 4 is 11.8 Å². The van der Waals surface area contributed by atoms with Crippen molar-refractivity contribution in [1.82, 2.24) is 15.1 Å². The van der Waals surface area contributed by atoms with E-state index in [2.05, 4.69) is 17.1 Å². The predicted molar refractivity (Wildman–Crippen MR) is 114 cm³/mol. The standard InChI is InChI=1S/C23H29N3O3/c1-3-25-13-15-26(16-14-25)22(27)11-12-24-23(28)20-17-19(9-10-21(20)29-2)18-7-5-4-6-8-18/h4-10,17H,3,11-16H2,1-2H3,(H,24,28). The second-order valence-electron chi connectivity index (χ2n) is 7.10. The fraction of sp³-hybridized carbons (Fsp3) is 0.391. The molecule has 29 heavy (non-hydrogen) atoms. The first-order valence-electron chi connectivity index (χ1n) is 10.1. The predicted octanol–water partition coefficient (Wildman–Crippen LogP) is 2.65. The summed E-state index contributed by atoms with van der Waals surface area (Å²) in [6.45, 7) is 6.80. The first-order chi connectivity index (χ1) is 14.1. The van der Waals surface area contributed by atoms with Crippen LogP contribution >= 0.6 is 0 Å². The number of carbonyl (C=O) groups excluding carboxylic acids is 2. The van der Waals surface area contributed by atoms with Gasteiger partial charge < -0.3 is 19.9 Å². The summed E-state index contributed by atoms with van der Waals surface area (Å²) >= 11 is 0. The number of ether oxygens (including phenoxy) is 1. The summed E-state index contributed by atoms with van der Waals surface area (Å²) in [7, 11) is 1.55. The lowest BCUT2D eigenvalue weighted by Crippen LogP contribution is -2.49. The molecule has 0 unspecified atom stereocenters. The van der Waals surface area contributed by atoms with Gasteiger partial charge in [-0.15, -0.1) is 0 Å². The number of amides is 2. The lowest BCUT2D eigenvalue weighted by Gasteiger charge is -2.34. The Morgan fingerprint density at radius 2 is 1.72 bits per heavy atom. The van der Waals surface area contributed by atoms with Gasteiger partial charge in [0.1, 0.15) is 5.75 Å². The van der Waals surface area contributed by atoms with E-state index in [1.807, 2.05) is 47.4 Å². The van der Waals surface area contributed by atoms with Crippen molar-refractivity contribution in [2.45, 2.75) is 13.3 Å². The Morgan fingerprint density at radius 3 is 2.38 bits per heavy atom. The Kier molecular flexibility index (Phi) is 7.25. The van der Waals surface area contributed by atoms with Gasteiger partial charge >= 0.3 is 0 Å². The minimum atomic E-state index is -0.233. The maximum Gasteiger partial charge on any atom is 0.255 e. The van der Waals surface area contributed by atoms with Gasteiger partial charge in [0, 0.05) is 39.1 Å². The van der Waals surface area contributed by atoms with E-state index in [0.717, 1.165) is 43.9 Å². The molecule has 0 aliphatic carbocycles. The summed E-state index contributed by atoms with van der Waals surface area (Å²) in [6.07, 6.45) is 0.304. The van der Waals surface area contributed by atoms with Crippen LogP contribution in [0.4, 0.5) is 0 Å². The molecule has 1 N–H and O–H groups in total. The van der Waals surface area contributed by atoms with Crippen molar-refractivity contribution in [3.05, 3.63) is 54.1 Å². The quantitative estimate of drug-likeness (QED) is 0.783. The van der Waals surface area contributed by atoms with Crippen LogP contribution in [0.1, 0.15) is 23.7 Å². The molecule has 2 amide bonds. The minimum absolute atomic E-state index is 0.0889. The summed E-state index contributed by atoms with van der Waals surface area (Å²) in [5.74, 6) is 0.374. The zero-order valence-corrected chi connectivity index (χ0v) is 17.2. The van der Waals surface area contributed by atoms with E-state index in [9.17, 15) is 9.59 Å². The lowest BCUT2D eigenvalue weighted by atomic mass is 10.0. The zero-order chi connectivity index (χ0) is 20.6. The van der Waals surface area contributed by atoms with Gasteiger partial charge in [0.05, 0.1) is 12.7 Å². The third-order valence-corrected chi connectivity index (χ3v) is 5.35. The summed E-state index contributed by atoms with van der Waals surface area (Å²) in [6, 6.07) is 15.5. The van der Waals surface area contributed by atoms with E-state index in [4.69, 9.17) is 4.74 Å². The van der Waals surface area contributed by atoms with E-state index in [1.165, 1.54) is 0 Å². The number of nitrogens with zero attached hydrogens (tertiary/aromatic N) is 2. The number of rotatable bonds is 7. The largest absolute Gasteiger partial charge is 0.496 e. The molecule has 0 spiro atoms. The van der Waals surface area contributed by atoms with Crippen LogP contribution < -0.4 is 10.1 Å². The van der Waals surface area contributed by atoms with Crippen molar-refractivity contribution in [3.8, 4) is 16.9 Å². The second kappa shape index (κ2) is 10.1. The molecule has 0 radical (unpaired) electrons. The maximum atomic E-state index is 12.7. The number of hydrogen-bond donors (Lipinski definition) is 1. The highest BCUT2D eigenvalue weighted by atomic mass is 16.5. The van der Waals surface area contributed by atoms with Crippen LogP contribution in [0.15, 0.2) is 48.5 Å². The van der Waals surface area contributed by atoms with E-state index >= 15 is 0 Å². The number of piperazine rings is 1. The lowest BCUT2D eigenvalue weighted by molar-refractivity contribution is -0.132. The number of carbonyl (C=O) groups is 2. The van der Waals surface area contributed by atoms with Crippen molar-refractivity contribution in [3.63, 3.8) is 0 Å². The molecule has 1 fully saturated rings. The van der Waals surface area contributed by atoms with Crippen LogP contribution in [0.2, 0.25) is 0 Å². The summed E-state index contributed by atoms with van der Waals surface area (Å²) in [5.41, 5.74) is 2.45. The van der Waals surface area contributed by atoms with Gasteiger partial charge in [-0.1, -0.05) is 43.3 Å². The van der Waals surface area contributed by atoms with Gasteiger partial charge in [0.15, 0.2) is 0 Å². The van der Waals surface area contributed by atoms with E-state index in [-0.39, 0.29) is 11.8 Å². The van der Waals surface area contributed by atoms with Crippen LogP contribution in [0.5, 0.6) is 5.75 Å². The highest BCUT2D eigenvalue weighted by molar-refractivity contribution is 5.98. The molecular formula is C23H29N3O3. The Labute approximate surface area is 172 Å². The molecular weight excluding hydrogens is 366 g/mol. The van der Waals surface area contributed by atoms with Crippen LogP contribution in [-0.2, 0) is 4.79 Å². The van der Waals surface area contributed by atoms with Crippen molar-refractivity contribution < 1.29 is 14.3 Å². The molecule has 6 heteroatoms. The topological polar surface area (TPSA) is 61.9 Å². The van der Waals surface area contributed by atoms with Crippen LogP contribution in [0.25, 0.3) is 11.1 Å². The fourth-order valence-corrected chi connectivity index (χ4v) is 3.55. The summed E-state index contributed by atoms with van der Waals surface area (Å²) < 4.78 is 5.36.